The maximum absolute atomic E-state index is 12.2. The van der Waals surface area contributed by atoms with Crippen LogP contribution in [0.5, 0.6) is 0 Å². The molecule has 3 aromatic rings. The van der Waals surface area contributed by atoms with Crippen molar-refractivity contribution in [3.05, 3.63) is 65.6 Å². The van der Waals surface area contributed by atoms with Crippen molar-refractivity contribution in [3.63, 3.8) is 0 Å². The van der Waals surface area contributed by atoms with Gasteiger partial charge in [-0.05, 0) is 53.5 Å². The van der Waals surface area contributed by atoms with Crippen molar-refractivity contribution in [3.8, 4) is 10.6 Å². The molecule has 4 rings (SSSR count). The van der Waals surface area contributed by atoms with Crippen LogP contribution >= 0.6 is 11.3 Å². The maximum atomic E-state index is 12.2. The molecule has 0 spiro atoms. The van der Waals surface area contributed by atoms with Gasteiger partial charge in [0.25, 0.3) is 0 Å². The van der Waals surface area contributed by atoms with Gasteiger partial charge < -0.3 is 9.30 Å². The predicted octanol–water partition coefficient (Wildman–Crippen LogP) is 7.03. The summed E-state index contributed by atoms with van der Waals surface area (Å²) in [5.74, 6) is 0.234. The second-order valence-corrected chi connectivity index (χ2v) is 8.55. The number of ether oxygens (including phenoxy) is 1. The number of nitrogens with zero attached hydrogens (tertiary/aromatic N) is 1. The van der Waals surface area contributed by atoms with Crippen LogP contribution in [0.25, 0.3) is 27.6 Å². The molecule has 0 unspecified atom stereocenters. The summed E-state index contributed by atoms with van der Waals surface area (Å²) in [5, 5.41) is 3.37. The molecular formula is C25H27NO2S. The highest BCUT2D eigenvalue weighted by molar-refractivity contribution is 7.13. The highest BCUT2D eigenvalue weighted by atomic mass is 32.1. The fourth-order valence-electron chi connectivity index (χ4n) is 4.66. The molecule has 0 aliphatic heterocycles. The molecule has 0 amide bonds. The van der Waals surface area contributed by atoms with E-state index in [1.165, 1.54) is 60.7 Å². The number of allylic oxidation sites excluding steroid dienone is 1. The van der Waals surface area contributed by atoms with E-state index in [1.54, 1.807) is 11.3 Å². The van der Waals surface area contributed by atoms with Crippen LogP contribution in [-0.4, -0.2) is 17.6 Å². The molecule has 0 saturated heterocycles. The molecule has 1 aliphatic carbocycles. The van der Waals surface area contributed by atoms with Crippen molar-refractivity contribution in [1.82, 2.24) is 4.57 Å². The minimum Gasteiger partial charge on any atom is -0.465 e. The first-order chi connectivity index (χ1) is 14.2. The Morgan fingerprint density at radius 3 is 2.72 bits per heavy atom. The highest BCUT2D eigenvalue weighted by Crippen LogP contribution is 2.46. The van der Waals surface area contributed by atoms with Crippen LogP contribution in [0, 0.1) is 0 Å². The van der Waals surface area contributed by atoms with Crippen molar-refractivity contribution in [1.29, 1.82) is 0 Å². The van der Waals surface area contributed by atoms with Crippen LogP contribution in [0.1, 0.15) is 59.5 Å². The van der Waals surface area contributed by atoms with Gasteiger partial charge in [-0.15, -0.1) is 17.9 Å². The summed E-state index contributed by atoms with van der Waals surface area (Å²) in [6, 6.07) is 8.11. The summed E-state index contributed by atoms with van der Waals surface area (Å²) in [5.41, 5.74) is 5.50. The largest absolute Gasteiger partial charge is 0.465 e. The highest BCUT2D eigenvalue weighted by Gasteiger charge is 2.28. The van der Waals surface area contributed by atoms with Gasteiger partial charge in [0.2, 0.25) is 0 Å². The number of hydrogen-bond acceptors (Lipinski definition) is 3. The molecule has 1 aliphatic rings. The summed E-state index contributed by atoms with van der Waals surface area (Å²) < 4.78 is 7.28. The summed E-state index contributed by atoms with van der Waals surface area (Å²) in [6.45, 7) is 8.71. The second kappa shape index (κ2) is 8.42. The normalized spacial score (nSPS) is 14.8. The first-order valence-corrected chi connectivity index (χ1v) is 11.1. The number of rotatable bonds is 6. The van der Waals surface area contributed by atoms with Gasteiger partial charge in [0.15, 0.2) is 0 Å². The standard InChI is InChI=1S/C25H27NO2S/c1-4-14-26-21-16-19(25(27)28-3)11-12-20(21)22(18-9-7-6-8-10-18)23(26)24-17(5-2)13-15-29-24/h4-5,11-13,15-16,18H,1-2,6-10,14H2,3H3. The van der Waals surface area contributed by atoms with Crippen molar-refractivity contribution < 1.29 is 9.53 Å². The molecule has 0 N–H and O–H groups in total. The topological polar surface area (TPSA) is 31.2 Å². The predicted molar refractivity (Wildman–Crippen MR) is 123 cm³/mol. The average molecular weight is 406 g/mol. The van der Waals surface area contributed by atoms with E-state index in [-0.39, 0.29) is 5.97 Å². The number of thiophene rings is 1. The summed E-state index contributed by atoms with van der Waals surface area (Å²) in [4.78, 5) is 13.4. The Kier molecular flexibility index (Phi) is 5.72. The van der Waals surface area contributed by atoms with Gasteiger partial charge in [-0.25, -0.2) is 4.79 Å². The Morgan fingerprint density at radius 2 is 2.03 bits per heavy atom. The zero-order valence-electron chi connectivity index (χ0n) is 16.9. The van der Waals surface area contributed by atoms with Crippen molar-refractivity contribution in [2.75, 3.05) is 7.11 Å². The average Bonchev–Trinajstić information content (AvgIpc) is 3.36. The van der Waals surface area contributed by atoms with Gasteiger partial charge in [-0.1, -0.05) is 44.1 Å². The van der Waals surface area contributed by atoms with Crippen LogP contribution in [0.15, 0.2) is 48.9 Å². The van der Waals surface area contributed by atoms with E-state index < -0.39 is 0 Å². The minimum absolute atomic E-state index is 0.304. The van der Waals surface area contributed by atoms with Crippen LogP contribution in [0.4, 0.5) is 0 Å². The fourth-order valence-corrected chi connectivity index (χ4v) is 5.63. The number of carbonyl (C=O) groups is 1. The lowest BCUT2D eigenvalue weighted by atomic mass is 9.82. The number of esters is 1. The van der Waals surface area contributed by atoms with E-state index in [2.05, 4.69) is 35.2 Å². The molecule has 1 fully saturated rings. The third-order valence-electron chi connectivity index (χ3n) is 5.98. The quantitative estimate of drug-likeness (QED) is 0.325. The lowest BCUT2D eigenvalue weighted by molar-refractivity contribution is 0.0601. The third kappa shape index (κ3) is 3.46. The Morgan fingerprint density at radius 1 is 1.24 bits per heavy atom. The molecule has 1 saturated carbocycles. The number of hydrogen-bond donors (Lipinski definition) is 0. The number of benzene rings is 1. The number of carbonyl (C=O) groups excluding carboxylic acids is 1. The minimum atomic E-state index is -0.304. The Labute approximate surface area is 176 Å². The molecule has 150 valence electrons. The van der Waals surface area contributed by atoms with Gasteiger partial charge in [0.05, 0.1) is 23.2 Å². The second-order valence-electron chi connectivity index (χ2n) is 7.63. The van der Waals surface area contributed by atoms with E-state index in [1.807, 2.05) is 24.3 Å². The molecule has 2 heterocycles. The van der Waals surface area contributed by atoms with Crippen LogP contribution in [0.3, 0.4) is 0 Å². The van der Waals surface area contributed by atoms with Gasteiger partial charge >= 0.3 is 5.97 Å². The first-order valence-electron chi connectivity index (χ1n) is 10.2. The molecule has 4 heteroatoms. The Bertz CT molecular complexity index is 1070. The van der Waals surface area contributed by atoms with Crippen molar-refractivity contribution in [2.45, 2.75) is 44.6 Å². The first kappa shape index (κ1) is 19.7. The lowest BCUT2D eigenvalue weighted by Gasteiger charge is -2.23. The van der Waals surface area contributed by atoms with Crippen LogP contribution in [0.2, 0.25) is 0 Å². The van der Waals surface area contributed by atoms with Gasteiger partial charge in [-0.2, -0.15) is 0 Å². The van der Waals surface area contributed by atoms with Crippen LogP contribution < -0.4 is 0 Å². The molecule has 29 heavy (non-hydrogen) atoms. The van der Waals surface area contributed by atoms with Gasteiger partial charge in [0.1, 0.15) is 0 Å². The molecule has 0 bridgehead atoms. The SMILES string of the molecule is C=CCn1c(-c2sccc2C=C)c(C2CCCCC2)c2ccc(C(=O)OC)cc21. The van der Waals surface area contributed by atoms with E-state index in [9.17, 15) is 4.79 Å². The fraction of sp³-hybridized carbons (Fsp3) is 0.320. The number of methoxy groups -OCH3 is 1. The summed E-state index contributed by atoms with van der Waals surface area (Å²) >= 11 is 1.76. The monoisotopic (exact) mass is 405 g/mol. The van der Waals surface area contributed by atoms with E-state index in [0.29, 0.717) is 18.0 Å². The van der Waals surface area contributed by atoms with Crippen molar-refractivity contribution in [2.24, 2.45) is 0 Å². The number of aromatic nitrogens is 1. The van der Waals surface area contributed by atoms with Crippen LogP contribution in [-0.2, 0) is 11.3 Å². The molecular weight excluding hydrogens is 378 g/mol. The molecule has 0 atom stereocenters. The number of fused-ring (bicyclic) bond motifs is 1. The Balaban J connectivity index is 2.05. The Hall–Kier alpha value is -2.59. The zero-order chi connectivity index (χ0) is 20.4. The van der Waals surface area contributed by atoms with E-state index in [4.69, 9.17) is 4.74 Å². The molecule has 2 aromatic heterocycles. The molecule has 0 radical (unpaired) electrons. The zero-order valence-corrected chi connectivity index (χ0v) is 17.8. The summed E-state index contributed by atoms with van der Waals surface area (Å²) in [6.07, 6.45) is 10.2. The summed E-state index contributed by atoms with van der Waals surface area (Å²) in [7, 11) is 1.43. The van der Waals surface area contributed by atoms with Gasteiger partial charge in [-0.3, -0.25) is 0 Å². The van der Waals surface area contributed by atoms with E-state index in [0.717, 1.165) is 11.1 Å². The van der Waals surface area contributed by atoms with E-state index >= 15 is 0 Å². The van der Waals surface area contributed by atoms with Gasteiger partial charge in [0, 0.05) is 17.4 Å². The van der Waals surface area contributed by atoms with Crippen molar-refractivity contribution >= 4 is 34.3 Å². The molecule has 3 nitrogen and oxygen atoms in total. The molecule has 1 aromatic carbocycles. The lowest BCUT2D eigenvalue weighted by Crippen LogP contribution is -2.07. The maximum Gasteiger partial charge on any atom is 0.337 e. The third-order valence-corrected chi connectivity index (χ3v) is 6.92. The smallest absolute Gasteiger partial charge is 0.337 e.